The molecule has 0 saturated carbocycles. The van der Waals surface area contributed by atoms with Gasteiger partial charge in [0.05, 0.1) is 5.60 Å². The van der Waals surface area contributed by atoms with Crippen LogP contribution in [0.25, 0.3) is 0 Å². The van der Waals surface area contributed by atoms with Crippen LogP contribution in [0, 0.1) is 11.8 Å². The minimum Gasteiger partial charge on any atom is -0.389 e. The first-order valence-electron chi connectivity index (χ1n) is 5.83. The molecule has 0 amide bonds. The summed E-state index contributed by atoms with van der Waals surface area (Å²) >= 11 is 0. The second-order valence-corrected chi connectivity index (χ2v) is 5.04. The zero-order chi connectivity index (χ0) is 11.2. The van der Waals surface area contributed by atoms with Gasteiger partial charge in [-0.1, -0.05) is 34.1 Å². The average Bonchev–Trinajstić information content (AvgIpc) is 2.04. The van der Waals surface area contributed by atoms with Gasteiger partial charge in [0.2, 0.25) is 0 Å². The van der Waals surface area contributed by atoms with E-state index >= 15 is 0 Å². The quantitative estimate of drug-likeness (QED) is 0.663. The maximum absolute atomic E-state index is 9.97. The first-order valence-corrected chi connectivity index (χ1v) is 5.83. The van der Waals surface area contributed by atoms with E-state index in [0.717, 1.165) is 6.54 Å². The fourth-order valence-corrected chi connectivity index (χ4v) is 1.37. The highest BCUT2D eigenvalue weighted by Gasteiger charge is 2.24. The number of aliphatic hydroxyl groups is 1. The molecule has 0 aliphatic rings. The van der Waals surface area contributed by atoms with E-state index < -0.39 is 5.60 Å². The fourth-order valence-electron chi connectivity index (χ4n) is 1.37. The van der Waals surface area contributed by atoms with Crippen LogP contribution in [0.5, 0.6) is 0 Å². The number of nitrogens with one attached hydrogen (secondary N) is 1. The van der Waals surface area contributed by atoms with E-state index in [0.29, 0.717) is 18.4 Å². The maximum atomic E-state index is 9.97. The molecule has 0 aromatic carbocycles. The molecule has 0 saturated heterocycles. The van der Waals surface area contributed by atoms with E-state index in [-0.39, 0.29) is 0 Å². The van der Waals surface area contributed by atoms with Gasteiger partial charge in [0, 0.05) is 6.54 Å². The van der Waals surface area contributed by atoms with Crippen LogP contribution in [0.4, 0.5) is 0 Å². The highest BCUT2D eigenvalue weighted by atomic mass is 16.3. The van der Waals surface area contributed by atoms with Crippen LogP contribution in [-0.4, -0.2) is 23.8 Å². The molecule has 0 radical (unpaired) electrons. The van der Waals surface area contributed by atoms with Crippen molar-refractivity contribution >= 4 is 0 Å². The molecule has 0 aromatic heterocycles. The summed E-state index contributed by atoms with van der Waals surface area (Å²) in [6.07, 6.45) is 2.50. The highest BCUT2D eigenvalue weighted by molar-refractivity contribution is 4.79. The van der Waals surface area contributed by atoms with Crippen molar-refractivity contribution in [3.63, 3.8) is 0 Å². The molecule has 2 N–H and O–H groups in total. The number of rotatable bonds is 7. The summed E-state index contributed by atoms with van der Waals surface area (Å²) in [4.78, 5) is 0. The van der Waals surface area contributed by atoms with Gasteiger partial charge in [-0.25, -0.2) is 0 Å². The Morgan fingerprint density at radius 1 is 1.29 bits per heavy atom. The Labute approximate surface area is 89.1 Å². The van der Waals surface area contributed by atoms with E-state index in [9.17, 15) is 5.11 Å². The molecular formula is C12H27NO. The summed E-state index contributed by atoms with van der Waals surface area (Å²) in [6.45, 7) is 12.2. The third-order valence-electron chi connectivity index (χ3n) is 3.00. The van der Waals surface area contributed by atoms with E-state index in [1.807, 2.05) is 6.92 Å². The molecule has 2 heteroatoms. The number of hydrogen-bond donors (Lipinski definition) is 2. The van der Waals surface area contributed by atoms with Crippen LogP contribution in [0.1, 0.15) is 47.5 Å². The first kappa shape index (κ1) is 13.9. The van der Waals surface area contributed by atoms with Crippen molar-refractivity contribution in [2.75, 3.05) is 13.1 Å². The van der Waals surface area contributed by atoms with Crippen LogP contribution < -0.4 is 5.32 Å². The molecule has 0 aliphatic carbocycles. The van der Waals surface area contributed by atoms with Crippen molar-refractivity contribution in [1.29, 1.82) is 0 Å². The molecule has 0 aromatic rings. The van der Waals surface area contributed by atoms with Crippen molar-refractivity contribution in [3.05, 3.63) is 0 Å². The Kier molecular flexibility index (Phi) is 6.38. The van der Waals surface area contributed by atoms with Crippen molar-refractivity contribution in [2.24, 2.45) is 11.8 Å². The zero-order valence-electron chi connectivity index (χ0n) is 10.4. The molecule has 2 nitrogen and oxygen atoms in total. The Morgan fingerprint density at radius 3 is 2.29 bits per heavy atom. The molecule has 0 bridgehead atoms. The Hall–Kier alpha value is -0.0800. The van der Waals surface area contributed by atoms with Gasteiger partial charge in [0.15, 0.2) is 0 Å². The largest absolute Gasteiger partial charge is 0.389 e. The smallest absolute Gasteiger partial charge is 0.0766 e. The van der Waals surface area contributed by atoms with Gasteiger partial charge < -0.3 is 10.4 Å². The monoisotopic (exact) mass is 201 g/mol. The molecule has 0 aliphatic heterocycles. The minimum atomic E-state index is -0.577. The predicted molar refractivity (Wildman–Crippen MR) is 62.4 cm³/mol. The Bertz CT molecular complexity index is 143. The molecule has 0 fully saturated rings. The van der Waals surface area contributed by atoms with Gasteiger partial charge in [-0.15, -0.1) is 0 Å². The van der Waals surface area contributed by atoms with Crippen LogP contribution >= 0.6 is 0 Å². The van der Waals surface area contributed by atoms with Gasteiger partial charge in [-0.2, -0.15) is 0 Å². The van der Waals surface area contributed by atoms with Gasteiger partial charge >= 0.3 is 0 Å². The fraction of sp³-hybridized carbons (Fsp3) is 1.00. The first-order chi connectivity index (χ1) is 6.40. The lowest BCUT2D eigenvalue weighted by Crippen LogP contribution is -2.43. The van der Waals surface area contributed by atoms with Crippen LogP contribution in [0.15, 0.2) is 0 Å². The molecule has 0 heterocycles. The minimum absolute atomic E-state index is 0.302. The molecule has 0 rings (SSSR count). The topological polar surface area (TPSA) is 32.3 Å². The second-order valence-electron chi connectivity index (χ2n) is 5.04. The van der Waals surface area contributed by atoms with Gasteiger partial charge in [0.25, 0.3) is 0 Å². The summed E-state index contributed by atoms with van der Waals surface area (Å²) in [5.74, 6) is 1.01. The molecule has 14 heavy (non-hydrogen) atoms. The Balaban J connectivity index is 3.62. The third-order valence-corrected chi connectivity index (χ3v) is 3.00. The summed E-state index contributed by atoms with van der Waals surface area (Å²) in [6, 6.07) is 0. The van der Waals surface area contributed by atoms with Gasteiger partial charge in [-0.3, -0.25) is 0 Å². The van der Waals surface area contributed by atoms with Gasteiger partial charge in [0.1, 0.15) is 0 Å². The summed E-state index contributed by atoms with van der Waals surface area (Å²) in [5.41, 5.74) is -0.577. The third kappa shape index (κ3) is 5.61. The summed E-state index contributed by atoms with van der Waals surface area (Å²) in [7, 11) is 0. The second kappa shape index (κ2) is 6.41. The van der Waals surface area contributed by atoms with E-state index in [1.165, 1.54) is 12.8 Å². The lowest BCUT2D eigenvalue weighted by molar-refractivity contribution is 0.0137. The lowest BCUT2D eigenvalue weighted by atomic mass is 9.92. The standard InChI is InChI=1S/C12H27NO/c1-6-7-11(4)8-13-9-12(5,14)10(2)3/h10-11,13-14H,6-9H2,1-5H3. The van der Waals surface area contributed by atoms with E-state index in [1.54, 1.807) is 0 Å². The zero-order valence-corrected chi connectivity index (χ0v) is 10.4. The lowest BCUT2D eigenvalue weighted by Gasteiger charge is -2.28. The van der Waals surface area contributed by atoms with Crippen molar-refractivity contribution in [3.8, 4) is 0 Å². The van der Waals surface area contributed by atoms with Crippen molar-refractivity contribution in [2.45, 2.75) is 53.1 Å². The Morgan fingerprint density at radius 2 is 1.86 bits per heavy atom. The van der Waals surface area contributed by atoms with E-state index in [4.69, 9.17) is 0 Å². The summed E-state index contributed by atoms with van der Waals surface area (Å²) in [5, 5.41) is 13.3. The van der Waals surface area contributed by atoms with E-state index in [2.05, 4.69) is 33.0 Å². The number of hydrogen-bond acceptors (Lipinski definition) is 2. The highest BCUT2D eigenvalue weighted by Crippen LogP contribution is 2.14. The normalized spacial score (nSPS) is 18.2. The molecular weight excluding hydrogens is 174 g/mol. The molecule has 86 valence electrons. The predicted octanol–water partition coefficient (Wildman–Crippen LogP) is 2.42. The van der Waals surface area contributed by atoms with Gasteiger partial charge in [-0.05, 0) is 31.7 Å². The average molecular weight is 201 g/mol. The van der Waals surface area contributed by atoms with Crippen molar-refractivity contribution < 1.29 is 5.11 Å². The SMILES string of the molecule is CCCC(C)CNCC(C)(O)C(C)C. The van der Waals surface area contributed by atoms with Crippen LogP contribution in [0.3, 0.4) is 0 Å². The molecule has 2 unspecified atom stereocenters. The molecule has 2 atom stereocenters. The maximum Gasteiger partial charge on any atom is 0.0766 e. The summed E-state index contributed by atoms with van der Waals surface area (Å²) < 4.78 is 0. The molecule has 0 spiro atoms. The van der Waals surface area contributed by atoms with Crippen LogP contribution in [0.2, 0.25) is 0 Å². The van der Waals surface area contributed by atoms with Crippen molar-refractivity contribution in [1.82, 2.24) is 5.32 Å². The van der Waals surface area contributed by atoms with Crippen LogP contribution in [-0.2, 0) is 0 Å².